The first kappa shape index (κ1) is 15.6. The minimum Gasteiger partial charge on any atom is -0.389 e. The van der Waals surface area contributed by atoms with Crippen LogP contribution in [-0.2, 0) is 9.59 Å². The van der Waals surface area contributed by atoms with Crippen molar-refractivity contribution in [1.82, 2.24) is 0 Å². The third kappa shape index (κ3) is 2.05. The van der Waals surface area contributed by atoms with E-state index in [1.54, 1.807) is 6.92 Å². The maximum atomic E-state index is 12.1. The average Bonchev–Trinajstić information content (AvgIpc) is 2.85. The minimum absolute atomic E-state index is 0.0250. The maximum absolute atomic E-state index is 12.1. The molecule has 3 nitrogen and oxygen atoms in total. The lowest BCUT2D eigenvalue weighted by Gasteiger charge is -2.58. The van der Waals surface area contributed by atoms with E-state index in [0.29, 0.717) is 24.0 Å². The highest BCUT2D eigenvalue weighted by atomic mass is 16.3. The first-order chi connectivity index (χ1) is 10.9. The molecule has 3 fully saturated rings. The number of fused-ring (bicyclic) bond motifs is 5. The van der Waals surface area contributed by atoms with Gasteiger partial charge in [-0.3, -0.25) is 9.59 Å². The number of rotatable bonds is 1. The van der Waals surface area contributed by atoms with Gasteiger partial charge in [0.25, 0.3) is 0 Å². The number of allylic oxidation sites excluding steroid dienone is 1. The van der Waals surface area contributed by atoms with E-state index in [1.807, 2.05) is 6.08 Å². The summed E-state index contributed by atoms with van der Waals surface area (Å²) in [5.41, 5.74) is 0.642. The summed E-state index contributed by atoms with van der Waals surface area (Å²) in [6, 6.07) is 0. The van der Waals surface area contributed by atoms with Gasteiger partial charge in [0.15, 0.2) is 5.78 Å². The smallest absolute Gasteiger partial charge is 0.155 e. The van der Waals surface area contributed by atoms with Crippen LogP contribution >= 0.6 is 0 Å². The van der Waals surface area contributed by atoms with Gasteiger partial charge in [0, 0.05) is 12.3 Å². The second kappa shape index (κ2) is 5.02. The van der Waals surface area contributed by atoms with Crippen LogP contribution < -0.4 is 0 Å². The third-order valence-corrected chi connectivity index (χ3v) is 7.89. The molecular formula is C20H28O3. The Bertz CT molecular complexity index is 592. The normalized spacial score (nSPS) is 49.0. The molecule has 3 saturated carbocycles. The van der Waals surface area contributed by atoms with Crippen molar-refractivity contribution in [2.75, 3.05) is 0 Å². The first-order valence-corrected chi connectivity index (χ1v) is 9.32. The second-order valence-corrected chi connectivity index (χ2v) is 8.77. The monoisotopic (exact) mass is 316 g/mol. The topological polar surface area (TPSA) is 54.4 Å². The summed E-state index contributed by atoms with van der Waals surface area (Å²) < 4.78 is 0. The average molecular weight is 316 g/mol. The Kier molecular flexibility index (Phi) is 3.39. The Morgan fingerprint density at radius 2 is 1.96 bits per heavy atom. The van der Waals surface area contributed by atoms with E-state index in [9.17, 15) is 14.7 Å². The Hall–Kier alpha value is -0.960. The number of Topliss-reactive ketones (excluding diaryl/α,β-unsaturated/α-hetero) is 1. The zero-order chi connectivity index (χ0) is 16.4. The van der Waals surface area contributed by atoms with Crippen molar-refractivity contribution < 1.29 is 14.7 Å². The van der Waals surface area contributed by atoms with Crippen molar-refractivity contribution >= 4 is 11.6 Å². The van der Waals surface area contributed by atoms with E-state index >= 15 is 0 Å². The summed E-state index contributed by atoms with van der Waals surface area (Å²) >= 11 is 0. The highest BCUT2D eigenvalue weighted by Gasteiger charge is 2.63. The lowest BCUT2D eigenvalue weighted by atomic mass is 9.49. The number of carbonyl (C=O) groups excluding carboxylic acids is 2. The number of ketones is 2. The van der Waals surface area contributed by atoms with Crippen LogP contribution in [0.3, 0.4) is 0 Å². The van der Waals surface area contributed by atoms with Gasteiger partial charge in [0.2, 0.25) is 0 Å². The molecule has 6 atom stereocenters. The van der Waals surface area contributed by atoms with Crippen LogP contribution in [0.1, 0.15) is 65.2 Å². The molecule has 0 unspecified atom stereocenters. The molecule has 3 heteroatoms. The van der Waals surface area contributed by atoms with E-state index in [2.05, 4.69) is 6.92 Å². The van der Waals surface area contributed by atoms with E-state index in [0.717, 1.165) is 44.9 Å². The molecule has 0 aromatic rings. The third-order valence-electron chi connectivity index (χ3n) is 7.89. The number of hydrogen-bond donors (Lipinski definition) is 1. The number of carbonyl (C=O) groups is 2. The van der Waals surface area contributed by atoms with Crippen molar-refractivity contribution in [2.45, 2.75) is 70.8 Å². The summed E-state index contributed by atoms with van der Waals surface area (Å²) in [6.45, 7) is 3.98. The SMILES string of the molecule is CC(=O)[C@@H]1CC[C@@H]2[C@]1(C)CC[C@@H]1[C@@H]3CCC(=O)C=C3CC[C@@]12O. The van der Waals surface area contributed by atoms with Crippen LogP contribution in [0.2, 0.25) is 0 Å². The van der Waals surface area contributed by atoms with E-state index in [4.69, 9.17) is 0 Å². The molecule has 1 N–H and O–H groups in total. The van der Waals surface area contributed by atoms with Crippen LogP contribution in [0.15, 0.2) is 11.6 Å². The molecule has 0 bridgehead atoms. The van der Waals surface area contributed by atoms with Crippen molar-refractivity contribution in [3.05, 3.63) is 11.6 Å². The lowest BCUT2D eigenvalue weighted by molar-refractivity contribution is -0.172. The largest absolute Gasteiger partial charge is 0.389 e. The summed E-state index contributed by atoms with van der Waals surface area (Å²) in [4.78, 5) is 23.8. The number of hydrogen-bond acceptors (Lipinski definition) is 3. The van der Waals surface area contributed by atoms with Crippen molar-refractivity contribution in [1.29, 1.82) is 0 Å². The summed E-state index contributed by atoms with van der Waals surface area (Å²) in [5, 5.41) is 11.7. The molecule has 0 saturated heterocycles. The van der Waals surface area contributed by atoms with Crippen LogP contribution in [0, 0.1) is 29.1 Å². The lowest BCUT2D eigenvalue weighted by Crippen LogP contribution is -2.59. The molecule has 0 heterocycles. The predicted octanol–water partition coefficient (Wildman–Crippen LogP) is 3.45. The second-order valence-electron chi connectivity index (χ2n) is 8.77. The predicted molar refractivity (Wildman–Crippen MR) is 87.7 cm³/mol. The van der Waals surface area contributed by atoms with Gasteiger partial charge in [0.1, 0.15) is 5.78 Å². The fraction of sp³-hybridized carbons (Fsp3) is 0.800. The molecule has 4 aliphatic carbocycles. The van der Waals surface area contributed by atoms with Crippen molar-refractivity contribution in [2.24, 2.45) is 29.1 Å². The highest BCUT2D eigenvalue weighted by Crippen LogP contribution is 2.65. The first-order valence-electron chi connectivity index (χ1n) is 9.32. The summed E-state index contributed by atoms with van der Waals surface area (Å²) in [6.07, 6.45) is 9.04. The van der Waals surface area contributed by atoms with Gasteiger partial charge < -0.3 is 5.11 Å². The highest BCUT2D eigenvalue weighted by molar-refractivity contribution is 5.91. The van der Waals surface area contributed by atoms with Gasteiger partial charge in [-0.15, -0.1) is 0 Å². The molecule has 0 amide bonds. The standard InChI is InChI=1S/C20H28O3/c1-12(21)16-5-6-18-19(16,2)9-8-17-15-4-3-14(22)11-13(15)7-10-20(17,18)23/h11,15-18,23H,3-10H2,1-2H3/t15-,16+,17-,18-,19-,20-/m1/s1. The molecule has 0 spiro atoms. The molecule has 0 radical (unpaired) electrons. The Morgan fingerprint density at radius 3 is 2.70 bits per heavy atom. The fourth-order valence-corrected chi connectivity index (χ4v) is 6.89. The van der Waals surface area contributed by atoms with Crippen LogP contribution in [0.25, 0.3) is 0 Å². The fourth-order valence-electron chi connectivity index (χ4n) is 6.89. The zero-order valence-corrected chi connectivity index (χ0v) is 14.3. The summed E-state index contributed by atoms with van der Waals surface area (Å²) in [5.74, 6) is 1.63. The maximum Gasteiger partial charge on any atom is 0.155 e. The Balaban J connectivity index is 1.69. The Morgan fingerprint density at radius 1 is 1.17 bits per heavy atom. The van der Waals surface area contributed by atoms with Gasteiger partial charge >= 0.3 is 0 Å². The van der Waals surface area contributed by atoms with Gasteiger partial charge in [-0.1, -0.05) is 12.5 Å². The molecule has 0 aromatic carbocycles. The molecule has 4 aliphatic rings. The van der Waals surface area contributed by atoms with E-state index in [1.165, 1.54) is 5.57 Å². The Labute approximate surface area is 138 Å². The van der Waals surface area contributed by atoms with Crippen LogP contribution in [0.5, 0.6) is 0 Å². The van der Waals surface area contributed by atoms with Gasteiger partial charge in [-0.05, 0) is 81.1 Å². The molecule has 0 aromatic heterocycles. The van der Waals surface area contributed by atoms with Crippen molar-refractivity contribution in [3.8, 4) is 0 Å². The van der Waals surface area contributed by atoms with Gasteiger partial charge in [0.05, 0.1) is 5.60 Å². The van der Waals surface area contributed by atoms with Gasteiger partial charge in [-0.25, -0.2) is 0 Å². The van der Waals surface area contributed by atoms with E-state index in [-0.39, 0.29) is 23.0 Å². The van der Waals surface area contributed by atoms with Crippen LogP contribution in [-0.4, -0.2) is 22.3 Å². The van der Waals surface area contributed by atoms with Crippen LogP contribution in [0.4, 0.5) is 0 Å². The quantitative estimate of drug-likeness (QED) is 0.806. The van der Waals surface area contributed by atoms with E-state index < -0.39 is 5.60 Å². The molecule has 23 heavy (non-hydrogen) atoms. The van der Waals surface area contributed by atoms with Gasteiger partial charge in [-0.2, -0.15) is 0 Å². The summed E-state index contributed by atoms with van der Waals surface area (Å²) in [7, 11) is 0. The molecular weight excluding hydrogens is 288 g/mol. The zero-order valence-electron chi connectivity index (χ0n) is 14.3. The van der Waals surface area contributed by atoms with Crippen molar-refractivity contribution in [3.63, 3.8) is 0 Å². The number of aliphatic hydroxyl groups is 1. The molecule has 0 aliphatic heterocycles. The molecule has 126 valence electrons. The minimum atomic E-state index is -0.625. The molecule has 4 rings (SSSR count).